The van der Waals surface area contributed by atoms with E-state index in [0.717, 1.165) is 83.9 Å². The highest BCUT2D eigenvalue weighted by atomic mass is 15.1. The van der Waals surface area contributed by atoms with Crippen molar-refractivity contribution >= 4 is 38.9 Å². The fourth-order valence-electron chi connectivity index (χ4n) is 12.7. The van der Waals surface area contributed by atoms with E-state index in [2.05, 4.69) is 296 Å². The van der Waals surface area contributed by atoms with E-state index >= 15 is 0 Å². The van der Waals surface area contributed by atoms with Gasteiger partial charge in [-0.25, -0.2) is 9.97 Å². The lowest BCUT2D eigenvalue weighted by molar-refractivity contribution is 0.794. The molecule has 2 aromatic heterocycles. The van der Waals surface area contributed by atoms with Crippen molar-refractivity contribution in [3.63, 3.8) is 0 Å². The number of aromatic nitrogens is 3. The molecule has 78 heavy (non-hydrogen) atoms. The van der Waals surface area contributed by atoms with Gasteiger partial charge in [-0.15, -0.1) is 0 Å². The second-order valence-corrected chi connectivity index (χ2v) is 20.6. The van der Waals surface area contributed by atoms with Gasteiger partial charge >= 0.3 is 0 Å². The summed E-state index contributed by atoms with van der Waals surface area (Å²) in [6.45, 7) is 6.81. The molecule has 0 N–H and O–H groups in total. The first-order chi connectivity index (χ1) is 38.5. The van der Waals surface area contributed by atoms with Gasteiger partial charge in [0.1, 0.15) is 0 Å². The summed E-state index contributed by atoms with van der Waals surface area (Å²) in [5, 5.41) is 2.35. The zero-order valence-electron chi connectivity index (χ0n) is 43.0. The minimum atomic E-state index is -0.588. The Morgan fingerprint density at radius 1 is 0.397 bits per heavy atom. The topological polar surface area (TPSA) is 34.0 Å². The van der Waals surface area contributed by atoms with Crippen LogP contribution in [0.1, 0.15) is 33.4 Å². The number of hydrogen-bond donors (Lipinski definition) is 0. The van der Waals surface area contributed by atoms with Gasteiger partial charge in [0.25, 0.3) is 0 Å². The second-order valence-electron chi connectivity index (χ2n) is 20.6. The van der Waals surface area contributed by atoms with Gasteiger partial charge in [0.05, 0.1) is 27.8 Å². The monoisotopic (exact) mass is 994 g/mol. The summed E-state index contributed by atoms with van der Waals surface area (Å²) < 4.78 is 2.35. The summed E-state index contributed by atoms with van der Waals surface area (Å²) in [7, 11) is 0. The lowest BCUT2D eigenvalue weighted by Crippen LogP contribution is -2.26. The SMILES string of the molecule is C=C(c1ccccc1)N(c1ccc(-c2ccc3c(c2)C2(c4ccccc4-3)c3ccccc3-c3ccc(-c4cc(-c5ccccc5)nc(-c5ccc6c(c5)c5ccccc5n6-c5ccccc5)n4)cc32)cc1)c1ccccc1C. The molecule has 2 heterocycles. The molecule has 0 aliphatic heterocycles. The van der Waals surface area contributed by atoms with E-state index in [1.807, 2.05) is 0 Å². The summed E-state index contributed by atoms with van der Waals surface area (Å²) >= 11 is 0. The van der Waals surface area contributed by atoms with Crippen LogP contribution in [0.4, 0.5) is 11.4 Å². The zero-order chi connectivity index (χ0) is 51.9. The molecular formula is C74H50N4. The molecule has 13 aromatic rings. The van der Waals surface area contributed by atoms with E-state index in [0.29, 0.717) is 5.82 Å². The summed E-state index contributed by atoms with van der Waals surface area (Å²) in [5.74, 6) is 0.682. The third-order valence-electron chi connectivity index (χ3n) is 16.3. The maximum Gasteiger partial charge on any atom is 0.160 e. The van der Waals surface area contributed by atoms with Gasteiger partial charge in [0.2, 0.25) is 0 Å². The molecule has 11 aromatic carbocycles. The maximum atomic E-state index is 5.53. The molecule has 4 nitrogen and oxygen atoms in total. The molecule has 1 spiro atoms. The third-order valence-corrected chi connectivity index (χ3v) is 16.3. The van der Waals surface area contributed by atoms with E-state index < -0.39 is 5.41 Å². The Labute approximate surface area is 454 Å². The predicted molar refractivity (Wildman–Crippen MR) is 323 cm³/mol. The van der Waals surface area contributed by atoms with Gasteiger partial charge in [0, 0.05) is 50.2 Å². The van der Waals surface area contributed by atoms with Crippen molar-refractivity contribution in [2.75, 3.05) is 4.90 Å². The van der Waals surface area contributed by atoms with Crippen molar-refractivity contribution in [3.8, 4) is 73.0 Å². The Morgan fingerprint density at radius 3 is 1.63 bits per heavy atom. The number of hydrogen-bond acceptors (Lipinski definition) is 3. The Balaban J connectivity index is 0.883. The molecule has 0 fully saturated rings. The maximum absolute atomic E-state index is 5.53. The van der Waals surface area contributed by atoms with E-state index in [1.165, 1.54) is 55.5 Å². The molecule has 0 radical (unpaired) electrons. The average molecular weight is 995 g/mol. The molecule has 1 atom stereocenters. The smallest absolute Gasteiger partial charge is 0.160 e. The predicted octanol–water partition coefficient (Wildman–Crippen LogP) is 18.7. The highest BCUT2D eigenvalue weighted by Crippen LogP contribution is 2.63. The van der Waals surface area contributed by atoms with Crippen molar-refractivity contribution in [1.82, 2.24) is 14.5 Å². The van der Waals surface area contributed by atoms with Gasteiger partial charge in [-0.2, -0.15) is 0 Å². The van der Waals surface area contributed by atoms with Crippen LogP contribution >= 0.6 is 0 Å². The van der Waals surface area contributed by atoms with Crippen LogP contribution in [0.25, 0.3) is 100 Å². The van der Waals surface area contributed by atoms with Crippen LogP contribution in [0, 0.1) is 6.92 Å². The van der Waals surface area contributed by atoms with Gasteiger partial charge in [0.15, 0.2) is 5.82 Å². The lowest BCUT2D eigenvalue weighted by atomic mass is 9.70. The first kappa shape index (κ1) is 45.3. The zero-order valence-corrected chi connectivity index (χ0v) is 43.0. The number of benzene rings is 11. The molecule has 15 rings (SSSR count). The first-order valence-corrected chi connectivity index (χ1v) is 26.7. The van der Waals surface area contributed by atoms with Crippen LogP contribution in [0.5, 0.6) is 0 Å². The summed E-state index contributed by atoms with van der Waals surface area (Å²) in [6.07, 6.45) is 0. The number of nitrogens with zero attached hydrogens (tertiary/aromatic N) is 4. The highest BCUT2D eigenvalue weighted by Gasteiger charge is 2.52. The van der Waals surface area contributed by atoms with Crippen molar-refractivity contribution in [3.05, 3.63) is 313 Å². The van der Waals surface area contributed by atoms with Crippen LogP contribution in [0.3, 0.4) is 0 Å². The van der Waals surface area contributed by atoms with Crippen molar-refractivity contribution < 1.29 is 0 Å². The van der Waals surface area contributed by atoms with Crippen LogP contribution in [-0.4, -0.2) is 14.5 Å². The molecule has 2 aliphatic rings. The largest absolute Gasteiger partial charge is 0.310 e. The molecule has 1 unspecified atom stereocenters. The van der Waals surface area contributed by atoms with E-state index in [4.69, 9.17) is 9.97 Å². The van der Waals surface area contributed by atoms with Crippen LogP contribution in [0.2, 0.25) is 0 Å². The van der Waals surface area contributed by atoms with E-state index in [-0.39, 0.29) is 0 Å². The molecule has 366 valence electrons. The molecule has 0 saturated heterocycles. The molecule has 4 heteroatoms. The Morgan fingerprint density at radius 2 is 0.923 bits per heavy atom. The van der Waals surface area contributed by atoms with Crippen LogP contribution in [0.15, 0.2) is 280 Å². The van der Waals surface area contributed by atoms with E-state index in [1.54, 1.807) is 0 Å². The van der Waals surface area contributed by atoms with Gasteiger partial charge in [-0.3, -0.25) is 0 Å². The van der Waals surface area contributed by atoms with Gasteiger partial charge in [-0.1, -0.05) is 207 Å². The van der Waals surface area contributed by atoms with Gasteiger partial charge in [-0.05, 0) is 146 Å². The average Bonchev–Trinajstić information content (AvgIpc) is 3.51. The van der Waals surface area contributed by atoms with Crippen LogP contribution < -0.4 is 4.90 Å². The highest BCUT2D eigenvalue weighted by molar-refractivity contribution is 6.10. The Bertz CT molecular complexity index is 4500. The number of aryl methyl sites for hydroxylation is 1. The minimum Gasteiger partial charge on any atom is -0.310 e. The molecule has 0 saturated carbocycles. The molecule has 0 amide bonds. The number of rotatable bonds is 9. The van der Waals surface area contributed by atoms with Crippen LogP contribution in [-0.2, 0) is 5.41 Å². The van der Waals surface area contributed by atoms with E-state index in [9.17, 15) is 0 Å². The summed E-state index contributed by atoms with van der Waals surface area (Å²) in [4.78, 5) is 13.2. The fourth-order valence-corrected chi connectivity index (χ4v) is 12.7. The fraction of sp³-hybridized carbons (Fsp3) is 0.0270. The van der Waals surface area contributed by atoms with Crippen molar-refractivity contribution in [2.45, 2.75) is 12.3 Å². The van der Waals surface area contributed by atoms with Crippen molar-refractivity contribution in [1.29, 1.82) is 0 Å². The minimum absolute atomic E-state index is 0.588. The normalized spacial score (nSPS) is 13.8. The Hall–Kier alpha value is -10.2. The molecule has 2 aliphatic carbocycles. The third kappa shape index (κ3) is 7.00. The Kier molecular flexibility index (Phi) is 10.4. The quantitative estimate of drug-likeness (QED) is 0.144. The number of anilines is 2. The van der Waals surface area contributed by atoms with Gasteiger partial charge < -0.3 is 9.47 Å². The van der Waals surface area contributed by atoms with Crippen molar-refractivity contribution in [2.24, 2.45) is 0 Å². The molecular weight excluding hydrogens is 945 g/mol. The first-order valence-electron chi connectivity index (χ1n) is 26.7. The number of para-hydroxylation sites is 3. The lowest BCUT2D eigenvalue weighted by Gasteiger charge is -2.31. The second kappa shape index (κ2) is 18.0. The molecule has 0 bridgehead atoms. The summed E-state index contributed by atoms with van der Waals surface area (Å²) in [6, 6.07) is 98.8. The summed E-state index contributed by atoms with van der Waals surface area (Å²) in [5.41, 5.74) is 25.4. The standard InChI is InChI=1S/C74H50N4/c1-48-20-12-18-32-70(48)77(49(2)50-21-6-3-7-22-50)57-39-34-51(35-40-57)53-36-41-60-58-27-13-16-30-64(58)74(66(60)45-53)65-31-17-14-28-59(65)61-42-37-54(46-67(61)74)69-47-68(52-23-8-4-9-24-52)75-73(76-69)55-38-43-72-63(44-55)62-29-15-19-33-71(62)78(72)56-25-10-5-11-26-56/h3-47H,2H2,1H3. The number of fused-ring (bicyclic) bond motifs is 13.